The fourth-order valence-electron chi connectivity index (χ4n) is 2.24. The summed E-state index contributed by atoms with van der Waals surface area (Å²) in [5, 5.41) is 0. The molecule has 0 saturated carbocycles. The van der Waals surface area contributed by atoms with Crippen molar-refractivity contribution in [3.05, 3.63) is 66.2 Å². The van der Waals surface area contributed by atoms with E-state index >= 15 is 0 Å². The molecule has 0 aromatic heterocycles. The van der Waals surface area contributed by atoms with Gasteiger partial charge in [0.1, 0.15) is 0 Å². The number of rotatable bonds is 3. The van der Waals surface area contributed by atoms with Gasteiger partial charge in [-0.1, -0.05) is 0 Å². The summed E-state index contributed by atoms with van der Waals surface area (Å²) in [7, 11) is 0. The van der Waals surface area contributed by atoms with Gasteiger partial charge in [0.25, 0.3) is 0 Å². The van der Waals surface area contributed by atoms with E-state index in [-0.39, 0.29) is 27.0 Å². The van der Waals surface area contributed by atoms with E-state index in [1.807, 2.05) is 48.5 Å². The Labute approximate surface area is 118 Å². The van der Waals surface area contributed by atoms with Crippen molar-refractivity contribution in [2.75, 3.05) is 0 Å². The van der Waals surface area contributed by atoms with Gasteiger partial charge in [-0.3, -0.25) is 0 Å². The third kappa shape index (κ3) is 2.89. The Balaban J connectivity index is 1.81. The number of esters is 1. The number of hydrogen-bond acceptors (Lipinski definition) is 2. The first-order valence-corrected chi connectivity index (χ1v) is 8.13. The van der Waals surface area contributed by atoms with E-state index < -0.39 is 0 Å². The molecule has 1 aliphatic heterocycles. The van der Waals surface area contributed by atoms with E-state index in [0.29, 0.717) is 11.2 Å². The van der Waals surface area contributed by atoms with Crippen LogP contribution in [0, 0.1) is 0 Å². The minimum atomic E-state index is -0.0751. The van der Waals surface area contributed by atoms with Crippen molar-refractivity contribution in [3.63, 3.8) is 0 Å². The van der Waals surface area contributed by atoms with Crippen molar-refractivity contribution in [3.8, 4) is 0 Å². The maximum atomic E-state index is 11.6. The second-order valence-corrected chi connectivity index (χ2v) is 7.25. The van der Waals surface area contributed by atoms with E-state index in [9.17, 15) is 4.79 Å². The normalized spacial score (nSPS) is 22.2. The molecule has 2 aromatic carbocycles. The fourth-order valence-corrected chi connectivity index (χ4v) is 4.80. The van der Waals surface area contributed by atoms with Gasteiger partial charge in [0.2, 0.25) is 0 Å². The molecule has 3 heteroatoms. The first kappa shape index (κ1) is 12.5. The molecule has 96 valence electrons. The Kier molecular flexibility index (Phi) is 3.67. The van der Waals surface area contributed by atoms with Crippen LogP contribution in [0.15, 0.2) is 60.7 Å². The zero-order chi connectivity index (χ0) is 13.1. The zero-order valence-electron chi connectivity index (χ0n) is 10.4. The van der Waals surface area contributed by atoms with Crippen LogP contribution in [0.3, 0.4) is 0 Å². The molecular formula is C16H14O2Se. The van der Waals surface area contributed by atoms with Crippen LogP contribution in [0.1, 0.15) is 18.1 Å². The SMILES string of the molecule is O=C1CC([Se]c2ccccc2)C(c2ccccc2)O1. The van der Waals surface area contributed by atoms with Crippen molar-refractivity contribution < 1.29 is 9.53 Å². The number of ether oxygens (including phenoxy) is 1. The maximum absolute atomic E-state index is 11.6. The molecule has 0 amide bonds. The molecule has 2 nitrogen and oxygen atoms in total. The standard InChI is InChI=1S/C16H14O2Se/c17-15-11-14(19-13-9-5-2-6-10-13)16(18-15)12-7-3-1-4-8-12/h1-10,14,16H,11H2. The summed E-state index contributed by atoms with van der Waals surface area (Å²) in [5.41, 5.74) is 1.11. The van der Waals surface area contributed by atoms with Gasteiger partial charge in [0, 0.05) is 0 Å². The van der Waals surface area contributed by atoms with Gasteiger partial charge in [-0.2, -0.15) is 0 Å². The van der Waals surface area contributed by atoms with Crippen LogP contribution in [0.2, 0.25) is 4.82 Å². The molecular weight excluding hydrogens is 303 g/mol. The third-order valence-electron chi connectivity index (χ3n) is 3.12. The Hall–Kier alpha value is -1.57. The topological polar surface area (TPSA) is 26.3 Å². The van der Waals surface area contributed by atoms with Crippen LogP contribution in [0.5, 0.6) is 0 Å². The first-order valence-electron chi connectivity index (χ1n) is 6.29. The van der Waals surface area contributed by atoms with Gasteiger partial charge in [0.05, 0.1) is 0 Å². The molecule has 1 heterocycles. The summed E-state index contributed by atoms with van der Waals surface area (Å²) in [5.74, 6) is -0.0725. The van der Waals surface area contributed by atoms with E-state index in [2.05, 4.69) is 12.1 Å². The van der Waals surface area contributed by atoms with Crippen LogP contribution >= 0.6 is 0 Å². The van der Waals surface area contributed by atoms with E-state index in [1.54, 1.807) is 0 Å². The van der Waals surface area contributed by atoms with Crippen molar-refractivity contribution in [2.45, 2.75) is 17.3 Å². The summed E-state index contributed by atoms with van der Waals surface area (Å²) < 4.78 is 6.83. The van der Waals surface area contributed by atoms with E-state index in [1.165, 1.54) is 4.46 Å². The minimum absolute atomic E-state index is 0.0725. The van der Waals surface area contributed by atoms with Crippen LogP contribution in [-0.2, 0) is 9.53 Å². The summed E-state index contributed by atoms with van der Waals surface area (Å²) in [6, 6.07) is 20.4. The van der Waals surface area contributed by atoms with Gasteiger partial charge < -0.3 is 0 Å². The molecule has 0 aliphatic carbocycles. The van der Waals surface area contributed by atoms with Crippen molar-refractivity contribution in [1.82, 2.24) is 0 Å². The molecule has 3 rings (SSSR count). The summed E-state index contributed by atoms with van der Waals surface area (Å²) in [6.07, 6.45) is 0.461. The zero-order valence-corrected chi connectivity index (χ0v) is 12.1. The van der Waals surface area contributed by atoms with Crippen molar-refractivity contribution >= 4 is 25.4 Å². The molecule has 0 bridgehead atoms. The molecule has 1 aliphatic rings. The van der Waals surface area contributed by atoms with Gasteiger partial charge in [-0.15, -0.1) is 0 Å². The molecule has 1 fully saturated rings. The average Bonchev–Trinajstić information content (AvgIpc) is 2.82. The number of carbonyl (C=O) groups is 1. The molecule has 0 N–H and O–H groups in total. The molecule has 2 unspecified atom stereocenters. The molecule has 19 heavy (non-hydrogen) atoms. The first-order chi connectivity index (χ1) is 9.33. The Morgan fingerprint density at radius 2 is 1.58 bits per heavy atom. The summed E-state index contributed by atoms with van der Waals surface area (Å²) in [6.45, 7) is 0. The van der Waals surface area contributed by atoms with Gasteiger partial charge in [0.15, 0.2) is 0 Å². The fraction of sp³-hybridized carbons (Fsp3) is 0.188. The van der Waals surface area contributed by atoms with Crippen LogP contribution in [-0.4, -0.2) is 20.9 Å². The molecule has 1 saturated heterocycles. The second-order valence-electron chi connectivity index (χ2n) is 4.49. The second kappa shape index (κ2) is 5.60. The van der Waals surface area contributed by atoms with Crippen LogP contribution in [0.4, 0.5) is 0 Å². The molecule has 2 atom stereocenters. The monoisotopic (exact) mass is 318 g/mol. The van der Waals surface area contributed by atoms with Gasteiger partial charge in [-0.05, 0) is 0 Å². The average molecular weight is 317 g/mol. The number of benzene rings is 2. The number of cyclic esters (lactones) is 1. The Morgan fingerprint density at radius 1 is 0.947 bits per heavy atom. The van der Waals surface area contributed by atoms with Crippen LogP contribution < -0.4 is 4.46 Å². The molecule has 0 spiro atoms. The van der Waals surface area contributed by atoms with Gasteiger partial charge in [-0.25, -0.2) is 0 Å². The van der Waals surface area contributed by atoms with E-state index in [4.69, 9.17) is 4.74 Å². The van der Waals surface area contributed by atoms with Crippen molar-refractivity contribution in [2.24, 2.45) is 0 Å². The van der Waals surface area contributed by atoms with Gasteiger partial charge >= 0.3 is 118 Å². The predicted octanol–water partition coefficient (Wildman–Crippen LogP) is 2.49. The third-order valence-corrected chi connectivity index (χ3v) is 5.77. The van der Waals surface area contributed by atoms with E-state index in [0.717, 1.165) is 5.56 Å². The Bertz CT molecular complexity index is 553. The summed E-state index contributed by atoms with van der Waals surface area (Å²) >= 11 is 0.258. The number of hydrogen-bond donors (Lipinski definition) is 0. The number of carbonyl (C=O) groups excluding carboxylic acids is 1. The van der Waals surface area contributed by atoms with Crippen LogP contribution in [0.25, 0.3) is 0 Å². The van der Waals surface area contributed by atoms with Crippen molar-refractivity contribution in [1.29, 1.82) is 0 Å². The summed E-state index contributed by atoms with van der Waals surface area (Å²) in [4.78, 5) is 11.9. The molecule has 0 radical (unpaired) electrons. The Morgan fingerprint density at radius 3 is 2.26 bits per heavy atom. The predicted molar refractivity (Wildman–Crippen MR) is 75.5 cm³/mol. The quantitative estimate of drug-likeness (QED) is 0.642. The molecule has 2 aromatic rings.